The van der Waals surface area contributed by atoms with Crippen LogP contribution in [-0.2, 0) is 6.61 Å². The summed E-state index contributed by atoms with van der Waals surface area (Å²) in [5.74, 6) is 0.669. The van der Waals surface area contributed by atoms with Crippen molar-refractivity contribution in [2.75, 3.05) is 0 Å². The second-order valence-electron chi connectivity index (χ2n) is 4.64. The number of hydrogen-bond donors (Lipinski definition) is 2. The van der Waals surface area contributed by atoms with Gasteiger partial charge in [0.05, 0.1) is 18.0 Å². The molecule has 1 heterocycles. The normalized spacial score (nSPS) is 15.6. The fourth-order valence-electron chi connectivity index (χ4n) is 2.31. The molecule has 1 aliphatic carbocycles. The number of aliphatic hydroxyl groups excluding tert-OH is 1. The maximum absolute atomic E-state index is 9.34. The summed E-state index contributed by atoms with van der Waals surface area (Å²) in [6.45, 7) is -0.0794. The van der Waals surface area contributed by atoms with Crippen LogP contribution in [-0.4, -0.2) is 25.2 Å². The molecule has 1 aromatic carbocycles. The molecule has 18 heavy (non-hydrogen) atoms. The van der Waals surface area contributed by atoms with E-state index in [2.05, 4.69) is 10.3 Å². The highest BCUT2D eigenvalue weighted by atomic mass is 16.3. The van der Waals surface area contributed by atoms with Crippen molar-refractivity contribution in [3.8, 4) is 11.4 Å². The van der Waals surface area contributed by atoms with Gasteiger partial charge in [0.15, 0.2) is 0 Å². The Hall–Kier alpha value is -1.88. The molecule has 1 saturated carbocycles. The van der Waals surface area contributed by atoms with Gasteiger partial charge in [0.2, 0.25) is 0 Å². The van der Waals surface area contributed by atoms with E-state index in [1.165, 1.54) is 6.42 Å². The van der Waals surface area contributed by atoms with Crippen molar-refractivity contribution in [2.24, 2.45) is 0 Å². The quantitative estimate of drug-likeness (QED) is 0.864. The number of aliphatic hydroxyl groups is 1. The van der Waals surface area contributed by atoms with E-state index in [0.29, 0.717) is 11.6 Å². The van der Waals surface area contributed by atoms with Crippen molar-refractivity contribution >= 4 is 0 Å². The van der Waals surface area contributed by atoms with Crippen LogP contribution in [0.15, 0.2) is 24.3 Å². The molecule has 0 radical (unpaired) electrons. The number of hydrogen-bond acceptors (Lipinski definition) is 4. The molecule has 3 rings (SSSR count). The molecule has 2 N–H and O–H groups in total. The van der Waals surface area contributed by atoms with Gasteiger partial charge >= 0.3 is 0 Å². The molecule has 1 aromatic heterocycles. The highest BCUT2D eigenvalue weighted by Gasteiger charge is 2.27. The van der Waals surface area contributed by atoms with Crippen LogP contribution in [0.5, 0.6) is 5.75 Å². The van der Waals surface area contributed by atoms with Crippen molar-refractivity contribution in [3.05, 3.63) is 35.7 Å². The second kappa shape index (κ2) is 4.42. The first-order valence-corrected chi connectivity index (χ1v) is 6.14. The predicted octanol–water partition coefficient (Wildman–Crippen LogP) is 1.73. The van der Waals surface area contributed by atoms with Gasteiger partial charge in [0.25, 0.3) is 0 Å². The molecule has 1 fully saturated rings. The van der Waals surface area contributed by atoms with Gasteiger partial charge in [-0.15, -0.1) is 5.10 Å². The molecule has 0 atom stereocenters. The topological polar surface area (TPSA) is 71.2 Å². The van der Waals surface area contributed by atoms with E-state index in [4.69, 9.17) is 0 Å². The maximum Gasteiger partial charge on any atom is 0.115 e. The Morgan fingerprint density at radius 1 is 1.22 bits per heavy atom. The fraction of sp³-hybridized carbons (Fsp3) is 0.385. The zero-order chi connectivity index (χ0) is 12.5. The lowest BCUT2D eigenvalue weighted by Gasteiger charge is -2.26. The third-order valence-electron chi connectivity index (χ3n) is 3.51. The Morgan fingerprint density at radius 2 is 1.94 bits per heavy atom. The van der Waals surface area contributed by atoms with Crippen molar-refractivity contribution in [1.29, 1.82) is 0 Å². The maximum atomic E-state index is 9.34. The minimum absolute atomic E-state index is 0.0794. The zero-order valence-electron chi connectivity index (χ0n) is 9.95. The Balaban J connectivity index is 2.05. The van der Waals surface area contributed by atoms with E-state index in [0.717, 1.165) is 24.2 Å². The smallest absolute Gasteiger partial charge is 0.115 e. The van der Waals surface area contributed by atoms with E-state index >= 15 is 0 Å². The molecule has 1 aliphatic rings. The van der Waals surface area contributed by atoms with Gasteiger partial charge in [-0.3, -0.25) is 0 Å². The molecule has 0 spiro atoms. The SMILES string of the molecule is OCc1nnn(-c2ccc(O)cc2)c1C1CCC1. The van der Waals surface area contributed by atoms with E-state index in [9.17, 15) is 10.2 Å². The number of benzene rings is 1. The summed E-state index contributed by atoms with van der Waals surface area (Å²) in [4.78, 5) is 0. The summed E-state index contributed by atoms with van der Waals surface area (Å²) in [5, 5.41) is 26.8. The molecular weight excluding hydrogens is 230 g/mol. The molecule has 0 unspecified atom stereocenters. The van der Waals surface area contributed by atoms with Crippen LogP contribution >= 0.6 is 0 Å². The third kappa shape index (κ3) is 1.76. The summed E-state index contributed by atoms with van der Waals surface area (Å²) in [5.41, 5.74) is 2.53. The first-order chi connectivity index (χ1) is 8.79. The number of aromatic hydroxyl groups is 1. The monoisotopic (exact) mass is 245 g/mol. The number of phenolic OH excluding ortho intramolecular Hbond substituents is 1. The van der Waals surface area contributed by atoms with E-state index in [1.807, 2.05) is 0 Å². The summed E-state index contributed by atoms with van der Waals surface area (Å²) in [6, 6.07) is 6.85. The molecule has 2 aromatic rings. The van der Waals surface area contributed by atoms with Gasteiger partial charge in [-0.25, -0.2) is 4.68 Å². The molecule has 5 nitrogen and oxygen atoms in total. The molecule has 0 aliphatic heterocycles. The van der Waals surface area contributed by atoms with E-state index < -0.39 is 0 Å². The van der Waals surface area contributed by atoms with Crippen LogP contribution in [0, 0.1) is 0 Å². The highest BCUT2D eigenvalue weighted by Crippen LogP contribution is 2.38. The number of phenols is 1. The lowest BCUT2D eigenvalue weighted by molar-refractivity contribution is 0.272. The molecule has 94 valence electrons. The molecule has 5 heteroatoms. The third-order valence-corrected chi connectivity index (χ3v) is 3.51. The number of aromatic nitrogens is 3. The largest absolute Gasteiger partial charge is 0.508 e. The van der Waals surface area contributed by atoms with Gasteiger partial charge in [-0.2, -0.15) is 0 Å². The predicted molar refractivity (Wildman–Crippen MR) is 65.5 cm³/mol. The molecular formula is C13H15N3O2. The standard InChI is InChI=1S/C13H15N3O2/c17-8-12-13(9-2-1-3-9)16(15-14-12)10-4-6-11(18)7-5-10/h4-7,9,17-18H,1-3,8H2. The second-order valence-corrected chi connectivity index (χ2v) is 4.64. The van der Waals surface area contributed by atoms with Gasteiger partial charge in [0, 0.05) is 5.92 Å². The van der Waals surface area contributed by atoms with Gasteiger partial charge in [-0.05, 0) is 37.1 Å². The summed E-state index contributed by atoms with van der Waals surface area (Å²) in [7, 11) is 0. The minimum Gasteiger partial charge on any atom is -0.508 e. The van der Waals surface area contributed by atoms with Crippen molar-refractivity contribution in [2.45, 2.75) is 31.8 Å². The highest BCUT2D eigenvalue weighted by molar-refractivity contribution is 5.38. The zero-order valence-corrected chi connectivity index (χ0v) is 9.95. The average Bonchev–Trinajstić information content (AvgIpc) is 2.72. The first-order valence-electron chi connectivity index (χ1n) is 6.14. The van der Waals surface area contributed by atoms with Crippen LogP contribution in [0.25, 0.3) is 5.69 Å². The molecule has 0 amide bonds. The van der Waals surface area contributed by atoms with Gasteiger partial charge < -0.3 is 10.2 Å². The van der Waals surface area contributed by atoms with E-state index in [-0.39, 0.29) is 12.4 Å². The van der Waals surface area contributed by atoms with Crippen molar-refractivity contribution in [3.63, 3.8) is 0 Å². The summed E-state index contributed by atoms with van der Waals surface area (Å²) < 4.78 is 1.77. The van der Waals surface area contributed by atoms with Crippen LogP contribution in [0.4, 0.5) is 0 Å². The Bertz CT molecular complexity index is 544. The number of rotatable bonds is 3. The van der Waals surface area contributed by atoms with Crippen LogP contribution in [0.2, 0.25) is 0 Å². The molecule has 0 saturated heterocycles. The van der Waals surface area contributed by atoms with Gasteiger partial charge in [0.1, 0.15) is 11.4 Å². The first kappa shape index (κ1) is 11.2. The van der Waals surface area contributed by atoms with Crippen molar-refractivity contribution in [1.82, 2.24) is 15.0 Å². The lowest BCUT2D eigenvalue weighted by atomic mass is 9.82. The van der Waals surface area contributed by atoms with Crippen LogP contribution < -0.4 is 0 Å². The Kier molecular flexibility index (Phi) is 2.76. The lowest BCUT2D eigenvalue weighted by Crippen LogP contribution is -2.16. The molecule has 0 bridgehead atoms. The summed E-state index contributed by atoms with van der Waals surface area (Å²) >= 11 is 0. The fourth-order valence-corrected chi connectivity index (χ4v) is 2.31. The summed E-state index contributed by atoms with van der Waals surface area (Å²) in [6.07, 6.45) is 3.47. The Morgan fingerprint density at radius 3 is 2.50 bits per heavy atom. The van der Waals surface area contributed by atoms with Gasteiger partial charge in [-0.1, -0.05) is 11.6 Å². The van der Waals surface area contributed by atoms with Crippen LogP contribution in [0.1, 0.15) is 36.6 Å². The average molecular weight is 245 g/mol. The minimum atomic E-state index is -0.0794. The Labute approximate surface area is 105 Å². The number of nitrogens with zero attached hydrogens (tertiary/aromatic N) is 3. The van der Waals surface area contributed by atoms with Crippen LogP contribution in [0.3, 0.4) is 0 Å². The van der Waals surface area contributed by atoms with Crippen molar-refractivity contribution < 1.29 is 10.2 Å². The van der Waals surface area contributed by atoms with E-state index in [1.54, 1.807) is 28.9 Å².